The van der Waals surface area contributed by atoms with E-state index in [1.54, 1.807) is 12.1 Å². The molecule has 1 aromatic carbocycles. The number of halogens is 1. The summed E-state index contributed by atoms with van der Waals surface area (Å²) in [7, 11) is 2.00. The number of benzene rings is 1. The van der Waals surface area contributed by atoms with Gasteiger partial charge in [0.1, 0.15) is 12.4 Å². The van der Waals surface area contributed by atoms with Gasteiger partial charge >= 0.3 is 0 Å². The van der Waals surface area contributed by atoms with Gasteiger partial charge in [-0.3, -0.25) is 9.79 Å². The minimum absolute atomic E-state index is 0.0576. The Hall–Kier alpha value is -2.47. The number of aryl methyl sites for hydroxylation is 1. The number of pyridine rings is 1. The summed E-state index contributed by atoms with van der Waals surface area (Å²) in [5.74, 6) is 1.66. The highest BCUT2D eigenvalue weighted by Gasteiger charge is 2.06. The van der Waals surface area contributed by atoms with Crippen LogP contribution in [0.25, 0.3) is 0 Å². The molecule has 0 radical (unpaired) electrons. The summed E-state index contributed by atoms with van der Waals surface area (Å²) in [6.45, 7) is 7.53. The monoisotopic (exact) mass is 418 g/mol. The number of nitrogens with one attached hydrogen (secondary N) is 1. The molecule has 0 aliphatic rings. The molecule has 0 bridgehead atoms. The molecular formula is C22H31ClN4O2. The number of hydrogen-bond acceptors (Lipinski definition) is 3. The van der Waals surface area contributed by atoms with E-state index in [0.29, 0.717) is 24.7 Å². The van der Waals surface area contributed by atoms with Crippen molar-refractivity contribution in [3.8, 4) is 5.75 Å². The molecule has 0 spiro atoms. The third-order valence-electron chi connectivity index (χ3n) is 4.52. The number of aliphatic imine (C=N–C) groups is 1. The van der Waals surface area contributed by atoms with Crippen LogP contribution in [0.2, 0.25) is 5.02 Å². The van der Waals surface area contributed by atoms with Crippen molar-refractivity contribution in [2.75, 3.05) is 33.3 Å². The van der Waals surface area contributed by atoms with Crippen molar-refractivity contribution < 1.29 is 4.74 Å². The van der Waals surface area contributed by atoms with Crippen LogP contribution in [-0.2, 0) is 6.54 Å². The van der Waals surface area contributed by atoms with Crippen LogP contribution in [0.15, 0.2) is 52.3 Å². The zero-order chi connectivity index (χ0) is 21.1. The van der Waals surface area contributed by atoms with Crippen LogP contribution in [0.5, 0.6) is 5.75 Å². The quantitative estimate of drug-likeness (QED) is 0.364. The van der Waals surface area contributed by atoms with Crippen LogP contribution in [0.4, 0.5) is 0 Å². The SMILES string of the molecule is CCNC(=NCCCCn1c(C)cccc1=O)N(C)CCOc1ccc(Cl)cc1. The van der Waals surface area contributed by atoms with Crippen LogP contribution in [-0.4, -0.2) is 48.7 Å². The van der Waals surface area contributed by atoms with Gasteiger partial charge in [-0.2, -0.15) is 0 Å². The fourth-order valence-corrected chi connectivity index (χ4v) is 3.01. The number of likely N-dealkylation sites (N-methyl/N-ethyl adjacent to an activating group) is 1. The van der Waals surface area contributed by atoms with E-state index in [9.17, 15) is 4.79 Å². The van der Waals surface area contributed by atoms with Crippen molar-refractivity contribution in [3.63, 3.8) is 0 Å². The maximum absolute atomic E-state index is 11.9. The van der Waals surface area contributed by atoms with E-state index in [2.05, 4.69) is 17.1 Å². The maximum atomic E-state index is 11.9. The second kappa shape index (κ2) is 12.2. The Balaban J connectivity index is 1.77. The van der Waals surface area contributed by atoms with Crippen molar-refractivity contribution in [2.24, 2.45) is 4.99 Å². The van der Waals surface area contributed by atoms with E-state index < -0.39 is 0 Å². The molecule has 0 unspecified atom stereocenters. The van der Waals surface area contributed by atoms with Crippen LogP contribution in [0, 0.1) is 6.92 Å². The number of guanidine groups is 1. The van der Waals surface area contributed by atoms with Crippen LogP contribution >= 0.6 is 11.6 Å². The molecule has 2 aromatic rings. The zero-order valence-electron chi connectivity index (χ0n) is 17.5. The van der Waals surface area contributed by atoms with Gasteiger partial charge in [-0.25, -0.2) is 0 Å². The Bertz CT molecular complexity index is 833. The van der Waals surface area contributed by atoms with Gasteiger partial charge in [-0.1, -0.05) is 17.7 Å². The molecule has 7 heteroatoms. The first kappa shape index (κ1) is 22.8. The molecule has 0 saturated carbocycles. The summed E-state index contributed by atoms with van der Waals surface area (Å²) >= 11 is 5.89. The van der Waals surface area contributed by atoms with Gasteiger partial charge in [-0.15, -0.1) is 0 Å². The molecule has 0 amide bonds. The van der Waals surface area contributed by atoms with E-state index in [1.807, 2.05) is 48.9 Å². The van der Waals surface area contributed by atoms with Crippen molar-refractivity contribution in [3.05, 3.63) is 63.5 Å². The number of rotatable bonds is 10. The smallest absolute Gasteiger partial charge is 0.250 e. The normalized spacial score (nSPS) is 11.4. The lowest BCUT2D eigenvalue weighted by molar-refractivity contribution is 0.281. The third kappa shape index (κ3) is 7.81. The number of aromatic nitrogens is 1. The second-order valence-corrected chi connectivity index (χ2v) is 7.26. The van der Waals surface area contributed by atoms with Gasteiger partial charge in [0.15, 0.2) is 5.96 Å². The highest BCUT2D eigenvalue weighted by molar-refractivity contribution is 6.30. The lowest BCUT2D eigenvalue weighted by atomic mass is 10.3. The van der Waals surface area contributed by atoms with Gasteiger partial charge in [0.2, 0.25) is 0 Å². The van der Waals surface area contributed by atoms with Gasteiger partial charge in [0.05, 0.1) is 6.54 Å². The molecule has 0 saturated heterocycles. The van der Waals surface area contributed by atoms with Gasteiger partial charge in [0, 0.05) is 43.5 Å². The Morgan fingerprint density at radius 2 is 1.97 bits per heavy atom. The lowest BCUT2D eigenvalue weighted by Crippen LogP contribution is -2.41. The molecule has 0 fully saturated rings. The summed E-state index contributed by atoms with van der Waals surface area (Å²) in [5.41, 5.74) is 1.05. The molecule has 0 aliphatic heterocycles. The van der Waals surface area contributed by atoms with E-state index in [4.69, 9.17) is 21.3 Å². The van der Waals surface area contributed by atoms with E-state index in [0.717, 1.165) is 43.3 Å². The Labute approximate surface area is 178 Å². The average Bonchev–Trinajstić information content (AvgIpc) is 2.70. The summed E-state index contributed by atoms with van der Waals surface area (Å²) in [4.78, 5) is 18.7. The second-order valence-electron chi connectivity index (χ2n) is 6.82. The minimum atomic E-state index is 0.0576. The Morgan fingerprint density at radius 3 is 2.66 bits per heavy atom. The highest BCUT2D eigenvalue weighted by Crippen LogP contribution is 2.15. The summed E-state index contributed by atoms with van der Waals surface area (Å²) in [6, 6.07) is 12.7. The fourth-order valence-electron chi connectivity index (χ4n) is 2.88. The predicted octanol–water partition coefficient (Wildman–Crippen LogP) is 3.57. The lowest BCUT2D eigenvalue weighted by Gasteiger charge is -2.22. The van der Waals surface area contributed by atoms with Gasteiger partial charge < -0.3 is 19.5 Å². The molecule has 1 aromatic heterocycles. The Morgan fingerprint density at radius 1 is 1.21 bits per heavy atom. The Kier molecular flexibility index (Phi) is 9.57. The minimum Gasteiger partial charge on any atom is -0.492 e. The maximum Gasteiger partial charge on any atom is 0.250 e. The van der Waals surface area contributed by atoms with Crippen molar-refractivity contribution >= 4 is 17.6 Å². The summed E-state index contributed by atoms with van der Waals surface area (Å²) in [5, 5.41) is 4.01. The summed E-state index contributed by atoms with van der Waals surface area (Å²) in [6.07, 6.45) is 1.84. The average molecular weight is 419 g/mol. The first-order chi connectivity index (χ1) is 14.0. The predicted molar refractivity (Wildman–Crippen MR) is 120 cm³/mol. The molecule has 2 rings (SSSR count). The largest absolute Gasteiger partial charge is 0.492 e. The van der Waals surface area contributed by atoms with Crippen molar-refractivity contribution in [1.82, 2.24) is 14.8 Å². The fraction of sp³-hybridized carbons (Fsp3) is 0.455. The van der Waals surface area contributed by atoms with Gasteiger partial charge in [-0.05, 0) is 57.0 Å². The number of ether oxygens (including phenoxy) is 1. The van der Waals surface area contributed by atoms with E-state index in [1.165, 1.54) is 0 Å². The molecule has 6 nitrogen and oxygen atoms in total. The summed E-state index contributed by atoms with van der Waals surface area (Å²) < 4.78 is 7.57. The molecule has 158 valence electrons. The number of nitrogens with zero attached hydrogens (tertiary/aromatic N) is 3. The van der Waals surface area contributed by atoms with Crippen molar-refractivity contribution in [2.45, 2.75) is 33.2 Å². The molecular weight excluding hydrogens is 388 g/mol. The van der Waals surface area contributed by atoms with Crippen molar-refractivity contribution in [1.29, 1.82) is 0 Å². The topological polar surface area (TPSA) is 58.9 Å². The van der Waals surface area contributed by atoms with Crippen LogP contribution < -0.4 is 15.6 Å². The number of unbranched alkanes of at least 4 members (excludes halogenated alkanes) is 1. The highest BCUT2D eigenvalue weighted by atomic mass is 35.5. The van der Waals surface area contributed by atoms with E-state index in [-0.39, 0.29) is 5.56 Å². The van der Waals surface area contributed by atoms with Gasteiger partial charge in [0.25, 0.3) is 5.56 Å². The van der Waals surface area contributed by atoms with Crippen LogP contribution in [0.3, 0.4) is 0 Å². The van der Waals surface area contributed by atoms with Crippen LogP contribution in [0.1, 0.15) is 25.5 Å². The molecule has 0 atom stereocenters. The first-order valence-corrected chi connectivity index (χ1v) is 10.4. The standard InChI is InChI=1S/C22H31ClN4O2/c1-4-24-22(26(3)16-17-29-20-12-10-19(23)11-13-20)25-14-5-6-15-27-18(2)8-7-9-21(27)28/h7-13H,4-6,14-17H2,1-3H3,(H,24,25). The number of hydrogen-bond donors (Lipinski definition) is 1. The molecule has 0 aliphatic carbocycles. The molecule has 29 heavy (non-hydrogen) atoms. The van der Waals surface area contributed by atoms with E-state index >= 15 is 0 Å². The first-order valence-electron chi connectivity index (χ1n) is 10.1. The zero-order valence-corrected chi connectivity index (χ0v) is 18.3. The molecule has 1 N–H and O–H groups in total. The molecule has 1 heterocycles. The third-order valence-corrected chi connectivity index (χ3v) is 4.78.